The summed E-state index contributed by atoms with van der Waals surface area (Å²) in [5, 5.41) is 19.9. The molecule has 8 heteroatoms. The summed E-state index contributed by atoms with van der Waals surface area (Å²) >= 11 is 6.38. The van der Waals surface area contributed by atoms with Crippen molar-refractivity contribution in [2.24, 2.45) is 0 Å². The van der Waals surface area contributed by atoms with E-state index in [2.05, 4.69) is 31.9 Å². The van der Waals surface area contributed by atoms with Crippen LogP contribution < -0.4 is 4.74 Å². The van der Waals surface area contributed by atoms with Gasteiger partial charge < -0.3 is 9.84 Å². The highest BCUT2D eigenvalue weighted by Gasteiger charge is 2.20. The average molecular weight is 417 g/mol. The van der Waals surface area contributed by atoms with Crippen LogP contribution in [0.4, 0.5) is 5.69 Å². The van der Waals surface area contributed by atoms with E-state index >= 15 is 0 Å². The molecule has 2 aromatic rings. The van der Waals surface area contributed by atoms with Crippen LogP contribution in [-0.2, 0) is 0 Å². The highest BCUT2D eigenvalue weighted by Crippen LogP contribution is 2.40. The van der Waals surface area contributed by atoms with E-state index in [-0.39, 0.29) is 22.7 Å². The van der Waals surface area contributed by atoms with Crippen molar-refractivity contribution in [3.05, 3.63) is 61.0 Å². The maximum Gasteiger partial charge on any atom is 0.335 e. The van der Waals surface area contributed by atoms with Crippen LogP contribution in [-0.4, -0.2) is 16.0 Å². The number of carbonyl (C=O) groups is 1. The second-order valence-electron chi connectivity index (χ2n) is 3.90. The van der Waals surface area contributed by atoms with Gasteiger partial charge in [0.15, 0.2) is 0 Å². The fraction of sp³-hybridized carbons (Fsp3) is 0. The minimum atomic E-state index is -1.07. The molecule has 0 aliphatic heterocycles. The fourth-order valence-electron chi connectivity index (χ4n) is 1.57. The highest BCUT2D eigenvalue weighted by molar-refractivity contribution is 9.11. The molecule has 0 spiro atoms. The molecule has 6 nitrogen and oxygen atoms in total. The molecule has 0 aliphatic carbocycles. The molecule has 0 saturated heterocycles. The summed E-state index contributed by atoms with van der Waals surface area (Å²) in [6, 6.07) is 8.60. The van der Waals surface area contributed by atoms with Gasteiger partial charge in [0.05, 0.1) is 19.4 Å². The Labute approximate surface area is 135 Å². The SMILES string of the molecule is O=C(O)c1ccc(Oc2c(Br)cccc2[N+](=O)[O-])c(Br)c1. The van der Waals surface area contributed by atoms with Crippen molar-refractivity contribution >= 4 is 43.5 Å². The minimum Gasteiger partial charge on any atom is -0.478 e. The molecule has 0 saturated carbocycles. The van der Waals surface area contributed by atoms with Crippen LogP contribution in [0.3, 0.4) is 0 Å². The number of carboxylic acids is 1. The molecule has 2 rings (SSSR count). The molecule has 21 heavy (non-hydrogen) atoms. The first-order valence-electron chi connectivity index (χ1n) is 5.53. The fourth-order valence-corrected chi connectivity index (χ4v) is 2.47. The monoisotopic (exact) mass is 415 g/mol. The number of carboxylic acid groups (broad SMARTS) is 1. The van der Waals surface area contributed by atoms with Crippen LogP contribution in [0, 0.1) is 10.1 Å². The van der Waals surface area contributed by atoms with E-state index in [1.165, 1.54) is 30.3 Å². The van der Waals surface area contributed by atoms with Gasteiger partial charge in [0.25, 0.3) is 0 Å². The summed E-state index contributed by atoms with van der Waals surface area (Å²) in [5.74, 6) is -0.754. The standard InChI is InChI=1S/C13H7Br2NO5/c14-8-2-1-3-10(16(19)20)12(8)21-11-5-4-7(13(17)18)6-9(11)15/h1-6H,(H,17,18). The predicted octanol–water partition coefficient (Wildman–Crippen LogP) is 4.61. The number of nitro benzene ring substituents is 1. The van der Waals surface area contributed by atoms with E-state index in [0.29, 0.717) is 8.95 Å². The number of nitrogens with zero attached hydrogens (tertiary/aromatic N) is 1. The third kappa shape index (κ3) is 3.40. The van der Waals surface area contributed by atoms with Gasteiger partial charge in [-0.05, 0) is 56.1 Å². The normalized spacial score (nSPS) is 10.2. The maximum atomic E-state index is 11.0. The van der Waals surface area contributed by atoms with E-state index in [0.717, 1.165) is 0 Å². The number of nitro groups is 1. The number of hydrogen-bond acceptors (Lipinski definition) is 4. The largest absolute Gasteiger partial charge is 0.478 e. The summed E-state index contributed by atoms with van der Waals surface area (Å²) in [6.07, 6.45) is 0. The zero-order valence-corrected chi connectivity index (χ0v) is 13.4. The van der Waals surface area contributed by atoms with Crippen molar-refractivity contribution in [3.8, 4) is 11.5 Å². The Hall–Kier alpha value is -1.93. The molecule has 0 heterocycles. The van der Waals surface area contributed by atoms with Crippen LogP contribution in [0.2, 0.25) is 0 Å². The molecular formula is C13H7Br2NO5. The van der Waals surface area contributed by atoms with Crippen molar-refractivity contribution in [2.45, 2.75) is 0 Å². The lowest BCUT2D eigenvalue weighted by molar-refractivity contribution is -0.385. The van der Waals surface area contributed by atoms with E-state index in [9.17, 15) is 14.9 Å². The molecule has 2 aromatic carbocycles. The second kappa shape index (κ2) is 6.23. The highest BCUT2D eigenvalue weighted by atomic mass is 79.9. The summed E-state index contributed by atoms with van der Waals surface area (Å²) < 4.78 is 6.34. The molecule has 0 unspecified atom stereocenters. The van der Waals surface area contributed by atoms with Gasteiger partial charge >= 0.3 is 11.7 Å². The van der Waals surface area contributed by atoms with Crippen LogP contribution in [0.5, 0.6) is 11.5 Å². The molecule has 0 aliphatic rings. The second-order valence-corrected chi connectivity index (χ2v) is 5.61. The third-order valence-corrected chi connectivity index (χ3v) is 3.78. The number of halogens is 2. The van der Waals surface area contributed by atoms with Gasteiger partial charge in [-0.2, -0.15) is 0 Å². The van der Waals surface area contributed by atoms with Gasteiger partial charge in [-0.25, -0.2) is 4.79 Å². The molecular weight excluding hydrogens is 410 g/mol. The van der Waals surface area contributed by atoms with E-state index in [1.807, 2.05) is 0 Å². The Morgan fingerprint density at radius 2 is 1.90 bits per heavy atom. The number of para-hydroxylation sites is 1. The van der Waals surface area contributed by atoms with E-state index in [1.54, 1.807) is 6.07 Å². The molecule has 0 bridgehead atoms. The zero-order chi connectivity index (χ0) is 15.6. The van der Waals surface area contributed by atoms with Gasteiger partial charge in [0.1, 0.15) is 5.75 Å². The Balaban J connectivity index is 2.44. The molecule has 0 amide bonds. The number of rotatable bonds is 4. The van der Waals surface area contributed by atoms with Crippen molar-refractivity contribution in [1.82, 2.24) is 0 Å². The first kappa shape index (κ1) is 15.5. The molecule has 1 N–H and O–H groups in total. The van der Waals surface area contributed by atoms with Crippen molar-refractivity contribution in [3.63, 3.8) is 0 Å². The average Bonchev–Trinajstić information content (AvgIpc) is 2.42. The van der Waals surface area contributed by atoms with E-state index in [4.69, 9.17) is 9.84 Å². The quantitative estimate of drug-likeness (QED) is 0.580. The third-order valence-electron chi connectivity index (χ3n) is 2.53. The van der Waals surface area contributed by atoms with E-state index < -0.39 is 10.9 Å². The van der Waals surface area contributed by atoms with Crippen LogP contribution in [0.25, 0.3) is 0 Å². The molecule has 108 valence electrons. The molecule has 0 aromatic heterocycles. The van der Waals surface area contributed by atoms with Crippen molar-refractivity contribution in [2.75, 3.05) is 0 Å². The van der Waals surface area contributed by atoms with Gasteiger partial charge in [-0.3, -0.25) is 10.1 Å². The predicted molar refractivity (Wildman–Crippen MR) is 82.0 cm³/mol. The number of hydrogen-bond donors (Lipinski definition) is 1. The molecule has 0 fully saturated rings. The Morgan fingerprint density at radius 3 is 2.48 bits per heavy atom. The lowest BCUT2D eigenvalue weighted by Gasteiger charge is -2.10. The van der Waals surface area contributed by atoms with Crippen molar-refractivity contribution < 1.29 is 19.6 Å². The van der Waals surface area contributed by atoms with Gasteiger partial charge in [-0.15, -0.1) is 0 Å². The molecule has 0 atom stereocenters. The number of benzene rings is 2. The van der Waals surface area contributed by atoms with Gasteiger partial charge in [0.2, 0.25) is 5.75 Å². The van der Waals surface area contributed by atoms with Crippen LogP contribution >= 0.6 is 31.9 Å². The lowest BCUT2D eigenvalue weighted by atomic mass is 10.2. The molecule has 0 radical (unpaired) electrons. The van der Waals surface area contributed by atoms with Gasteiger partial charge in [-0.1, -0.05) is 6.07 Å². The topological polar surface area (TPSA) is 89.7 Å². The smallest absolute Gasteiger partial charge is 0.335 e. The summed E-state index contributed by atoms with van der Waals surface area (Å²) in [5.41, 5.74) is -0.116. The Bertz CT molecular complexity index is 732. The first-order valence-corrected chi connectivity index (χ1v) is 7.12. The van der Waals surface area contributed by atoms with Crippen LogP contribution in [0.1, 0.15) is 10.4 Å². The Morgan fingerprint density at radius 1 is 1.19 bits per heavy atom. The first-order chi connectivity index (χ1) is 9.90. The number of ether oxygens (including phenoxy) is 1. The zero-order valence-electron chi connectivity index (χ0n) is 10.2. The summed E-state index contributed by atoms with van der Waals surface area (Å²) in [7, 11) is 0. The lowest BCUT2D eigenvalue weighted by Crippen LogP contribution is -1.98. The van der Waals surface area contributed by atoms with Gasteiger partial charge in [0, 0.05) is 6.07 Å². The maximum absolute atomic E-state index is 11.0. The van der Waals surface area contributed by atoms with Crippen LogP contribution in [0.15, 0.2) is 45.3 Å². The summed E-state index contributed by atoms with van der Waals surface area (Å²) in [6.45, 7) is 0. The summed E-state index contributed by atoms with van der Waals surface area (Å²) in [4.78, 5) is 21.3. The number of aromatic carboxylic acids is 1. The van der Waals surface area contributed by atoms with Crippen molar-refractivity contribution in [1.29, 1.82) is 0 Å². The Kier molecular flexibility index (Phi) is 4.59. The minimum absolute atomic E-state index is 0.0475.